The van der Waals surface area contributed by atoms with Crippen molar-refractivity contribution < 1.29 is 4.74 Å². The number of ether oxygens (including phenoxy) is 1. The summed E-state index contributed by atoms with van der Waals surface area (Å²) >= 11 is 0. The first kappa shape index (κ1) is 24.7. The number of nitrogens with one attached hydrogen (secondary N) is 2. The minimum atomic E-state index is 0.548. The maximum atomic E-state index is 6.07. The number of imidazole rings is 1. The summed E-state index contributed by atoms with van der Waals surface area (Å²) in [6.45, 7) is 1.40. The molecule has 3 aromatic heterocycles. The van der Waals surface area contributed by atoms with Gasteiger partial charge in [-0.2, -0.15) is 0 Å². The molecular formula is C32H32N6O. The molecular weight excluding hydrogens is 484 g/mol. The molecule has 0 aliphatic rings. The van der Waals surface area contributed by atoms with E-state index in [1.165, 1.54) is 16.5 Å². The standard InChI is InChI=1S/C32H32N6O/c1-2-8-24(9-3-1)22-39-28-12-6-10-25(18-28)19-32-37-36-31(38(32)17-7-11-27-21-33-23-35-27)16-15-26-20-34-30-14-5-4-13-29(26)30/h1-6,8-10,12-14,18,20-21,23,34H,7,11,15-17,19,22H2,(H,33,35). The third-order valence-electron chi connectivity index (χ3n) is 7.09. The van der Waals surface area contributed by atoms with E-state index in [2.05, 4.69) is 84.4 Å². The second-order valence-corrected chi connectivity index (χ2v) is 9.82. The van der Waals surface area contributed by atoms with Gasteiger partial charge in [-0.3, -0.25) is 0 Å². The predicted molar refractivity (Wildman–Crippen MR) is 153 cm³/mol. The van der Waals surface area contributed by atoms with E-state index in [1.54, 1.807) is 6.33 Å². The van der Waals surface area contributed by atoms with E-state index in [4.69, 9.17) is 4.74 Å². The van der Waals surface area contributed by atoms with Gasteiger partial charge in [-0.15, -0.1) is 10.2 Å². The number of aromatic amines is 2. The van der Waals surface area contributed by atoms with E-state index < -0.39 is 0 Å². The van der Waals surface area contributed by atoms with E-state index in [9.17, 15) is 0 Å². The SMILES string of the molecule is c1ccc(COc2cccc(Cc3nnc(CCc4c[nH]c5ccccc45)n3CCCc3cnc[nH]3)c2)cc1. The Morgan fingerprint density at radius 2 is 1.62 bits per heavy atom. The zero-order valence-electron chi connectivity index (χ0n) is 21.9. The highest BCUT2D eigenvalue weighted by Crippen LogP contribution is 2.21. The number of fused-ring (bicyclic) bond motifs is 1. The van der Waals surface area contributed by atoms with Crippen LogP contribution in [0, 0.1) is 0 Å². The Balaban J connectivity index is 1.18. The molecule has 0 saturated carbocycles. The fourth-order valence-electron chi connectivity index (χ4n) is 5.05. The fraction of sp³-hybridized carbons (Fsp3) is 0.219. The van der Waals surface area contributed by atoms with E-state index in [0.717, 1.165) is 66.4 Å². The largest absolute Gasteiger partial charge is 0.489 e. The molecule has 0 bridgehead atoms. The number of aryl methyl sites for hydroxylation is 3. The minimum absolute atomic E-state index is 0.548. The van der Waals surface area contributed by atoms with Crippen molar-refractivity contribution in [2.75, 3.05) is 0 Å². The molecule has 0 unspecified atom stereocenters. The van der Waals surface area contributed by atoms with Gasteiger partial charge in [0.2, 0.25) is 0 Å². The molecule has 0 aliphatic carbocycles. The molecule has 6 rings (SSSR count). The van der Waals surface area contributed by atoms with Gasteiger partial charge >= 0.3 is 0 Å². The first-order chi connectivity index (χ1) is 19.3. The van der Waals surface area contributed by atoms with Crippen molar-refractivity contribution in [3.05, 3.63) is 132 Å². The first-order valence-electron chi connectivity index (χ1n) is 13.5. The summed E-state index contributed by atoms with van der Waals surface area (Å²) in [5.74, 6) is 2.87. The molecule has 3 heterocycles. The lowest BCUT2D eigenvalue weighted by molar-refractivity contribution is 0.306. The third kappa shape index (κ3) is 6.09. The summed E-state index contributed by atoms with van der Waals surface area (Å²) in [5, 5.41) is 10.6. The Morgan fingerprint density at radius 1 is 0.769 bits per heavy atom. The van der Waals surface area contributed by atoms with Crippen LogP contribution < -0.4 is 4.74 Å². The van der Waals surface area contributed by atoms with Crippen LogP contribution in [0.25, 0.3) is 10.9 Å². The summed E-state index contributed by atoms with van der Waals surface area (Å²) in [6.07, 6.45) is 10.1. The van der Waals surface area contributed by atoms with Crippen LogP contribution in [0.4, 0.5) is 0 Å². The summed E-state index contributed by atoms with van der Waals surface area (Å²) in [5.41, 5.74) is 5.94. The highest BCUT2D eigenvalue weighted by molar-refractivity contribution is 5.83. The third-order valence-corrected chi connectivity index (χ3v) is 7.09. The molecule has 0 amide bonds. The molecule has 7 nitrogen and oxygen atoms in total. The number of benzene rings is 3. The van der Waals surface area contributed by atoms with Crippen LogP contribution in [-0.4, -0.2) is 29.7 Å². The highest BCUT2D eigenvalue weighted by atomic mass is 16.5. The highest BCUT2D eigenvalue weighted by Gasteiger charge is 2.14. The lowest BCUT2D eigenvalue weighted by atomic mass is 10.1. The molecule has 39 heavy (non-hydrogen) atoms. The van der Waals surface area contributed by atoms with Crippen molar-refractivity contribution >= 4 is 10.9 Å². The average Bonchev–Trinajstić information content (AvgIpc) is 3.73. The molecule has 0 aliphatic heterocycles. The molecule has 0 saturated heterocycles. The maximum Gasteiger partial charge on any atom is 0.137 e. The molecule has 3 aromatic carbocycles. The monoisotopic (exact) mass is 516 g/mol. The molecule has 0 atom stereocenters. The van der Waals surface area contributed by atoms with Crippen LogP contribution in [0.2, 0.25) is 0 Å². The smallest absolute Gasteiger partial charge is 0.137 e. The second kappa shape index (κ2) is 11.8. The van der Waals surface area contributed by atoms with E-state index >= 15 is 0 Å². The first-order valence-corrected chi connectivity index (χ1v) is 13.5. The normalized spacial score (nSPS) is 11.3. The lowest BCUT2D eigenvalue weighted by Gasteiger charge is -2.12. The van der Waals surface area contributed by atoms with Crippen LogP contribution in [0.5, 0.6) is 5.75 Å². The van der Waals surface area contributed by atoms with Gasteiger partial charge in [0.15, 0.2) is 0 Å². The van der Waals surface area contributed by atoms with Crippen molar-refractivity contribution in [1.29, 1.82) is 0 Å². The van der Waals surface area contributed by atoms with Gasteiger partial charge in [-0.05, 0) is 54.2 Å². The van der Waals surface area contributed by atoms with E-state index in [0.29, 0.717) is 13.0 Å². The summed E-state index contributed by atoms with van der Waals surface area (Å²) in [6, 6.07) is 27.0. The Morgan fingerprint density at radius 3 is 2.51 bits per heavy atom. The number of H-pyrrole nitrogens is 2. The topological polar surface area (TPSA) is 84.4 Å². The van der Waals surface area contributed by atoms with Gasteiger partial charge in [0.05, 0.1) is 6.33 Å². The van der Waals surface area contributed by atoms with Crippen LogP contribution in [0.3, 0.4) is 0 Å². The van der Waals surface area contributed by atoms with Crippen LogP contribution in [0.15, 0.2) is 97.6 Å². The van der Waals surface area contributed by atoms with Gasteiger partial charge in [0, 0.05) is 48.4 Å². The van der Waals surface area contributed by atoms with E-state index in [1.807, 2.05) is 36.5 Å². The molecule has 6 aromatic rings. The van der Waals surface area contributed by atoms with Crippen molar-refractivity contribution in [2.45, 2.75) is 45.3 Å². The summed E-state index contributed by atoms with van der Waals surface area (Å²) < 4.78 is 8.38. The number of para-hydroxylation sites is 1. The summed E-state index contributed by atoms with van der Waals surface area (Å²) in [4.78, 5) is 10.7. The summed E-state index contributed by atoms with van der Waals surface area (Å²) in [7, 11) is 0. The number of nitrogens with zero attached hydrogens (tertiary/aromatic N) is 4. The van der Waals surface area contributed by atoms with Crippen molar-refractivity contribution in [1.82, 2.24) is 29.7 Å². The Labute approximate surface area is 227 Å². The molecule has 2 N–H and O–H groups in total. The Kier molecular flexibility index (Phi) is 7.47. The number of hydrogen-bond donors (Lipinski definition) is 2. The van der Waals surface area contributed by atoms with Gasteiger partial charge < -0.3 is 19.3 Å². The van der Waals surface area contributed by atoms with Crippen LogP contribution in [-0.2, 0) is 38.8 Å². The van der Waals surface area contributed by atoms with Crippen LogP contribution >= 0.6 is 0 Å². The Hall–Kier alpha value is -4.65. The minimum Gasteiger partial charge on any atom is -0.489 e. The lowest BCUT2D eigenvalue weighted by Crippen LogP contribution is -2.10. The molecule has 7 heteroatoms. The fourth-order valence-corrected chi connectivity index (χ4v) is 5.05. The van der Waals surface area contributed by atoms with Gasteiger partial charge in [-0.25, -0.2) is 4.98 Å². The average molecular weight is 517 g/mol. The van der Waals surface area contributed by atoms with Gasteiger partial charge in [-0.1, -0.05) is 60.7 Å². The second-order valence-electron chi connectivity index (χ2n) is 9.82. The number of hydrogen-bond acceptors (Lipinski definition) is 4. The van der Waals surface area contributed by atoms with Crippen LogP contribution in [0.1, 0.15) is 40.5 Å². The van der Waals surface area contributed by atoms with E-state index in [-0.39, 0.29) is 0 Å². The van der Waals surface area contributed by atoms with Gasteiger partial charge in [0.25, 0.3) is 0 Å². The number of aromatic nitrogens is 6. The number of rotatable bonds is 12. The zero-order valence-corrected chi connectivity index (χ0v) is 21.9. The maximum absolute atomic E-state index is 6.07. The predicted octanol–water partition coefficient (Wildman–Crippen LogP) is 6.07. The van der Waals surface area contributed by atoms with Gasteiger partial charge in [0.1, 0.15) is 24.0 Å². The Bertz CT molecular complexity index is 1620. The molecule has 0 radical (unpaired) electrons. The molecule has 0 spiro atoms. The molecule has 196 valence electrons. The zero-order chi connectivity index (χ0) is 26.3. The van der Waals surface area contributed by atoms with Crippen molar-refractivity contribution in [2.24, 2.45) is 0 Å². The van der Waals surface area contributed by atoms with Crippen molar-refractivity contribution in [3.8, 4) is 5.75 Å². The molecule has 0 fully saturated rings. The van der Waals surface area contributed by atoms with Crippen molar-refractivity contribution in [3.63, 3.8) is 0 Å². The quantitative estimate of drug-likeness (QED) is 0.207.